The minimum Gasteiger partial charge on any atom is -0.507 e. The number of hydrogen-bond donors (Lipinski definition) is 4. The number of amides is 3. The van der Waals surface area contributed by atoms with Crippen LogP contribution in [0.15, 0.2) is 59.2 Å². The van der Waals surface area contributed by atoms with E-state index in [2.05, 4.69) is 25.0 Å². The number of carbonyl (C=O) groups is 3. The molecule has 0 bridgehead atoms. The summed E-state index contributed by atoms with van der Waals surface area (Å²) in [5, 5.41) is 21.1. The highest BCUT2D eigenvalue weighted by molar-refractivity contribution is 6.13. The Labute approximate surface area is 285 Å². The molecule has 5 aliphatic heterocycles. The van der Waals surface area contributed by atoms with Crippen LogP contribution in [-0.4, -0.2) is 125 Å². The number of aromatic hydroxyl groups is 1. The van der Waals surface area contributed by atoms with Crippen molar-refractivity contribution in [3.05, 3.63) is 70.9 Å². The SMILES string of the molecule is N=C(/C=C1\C(N)=NCC2CN(C3CCN(CCCOc4ccc5c(c4)CN(C4CCC(=O)NC4=O)C5=O)CC3)CCN12)c1ccccc1O. The molecule has 0 radical (unpaired) electrons. The van der Waals surface area contributed by atoms with Crippen molar-refractivity contribution < 1.29 is 24.2 Å². The highest BCUT2D eigenvalue weighted by Gasteiger charge is 2.39. The summed E-state index contributed by atoms with van der Waals surface area (Å²) in [7, 11) is 0. The average Bonchev–Trinajstić information content (AvgIpc) is 3.43. The third kappa shape index (κ3) is 6.90. The molecule has 5 N–H and O–H groups in total. The molecule has 2 aromatic rings. The number of nitrogens with zero attached hydrogens (tertiary/aromatic N) is 5. The van der Waals surface area contributed by atoms with E-state index in [4.69, 9.17) is 15.9 Å². The fourth-order valence-corrected chi connectivity index (χ4v) is 7.82. The van der Waals surface area contributed by atoms with E-state index in [-0.39, 0.29) is 35.7 Å². The van der Waals surface area contributed by atoms with Crippen LogP contribution < -0.4 is 15.8 Å². The van der Waals surface area contributed by atoms with Gasteiger partial charge in [-0.1, -0.05) is 12.1 Å². The minimum absolute atomic E-state index is 0.0790. The number of imide groups is 1. The number of amidine groups is 1. The van der Waals surface area contributed by atoms with Gasteiger partial charge in [-0.3, -0.25) is 29.6 Å². The Morgan fingerprint density at radius 2 is 1.86 bits per heavy atom. The maximum Gasteiger partial charge on any atom is 0.255 e. The molecule has 2 aromatic carbocycles. The topological polar surface area (TPSA) is 168 Å². The summed E-state index contributed by atoms with van der Waals surface area (Å²) in [6.07, 6.45) is 5.45. The Hall–Kier alpha value is -4.75. The molecule has 5 aliphatic rings. The fourth-order valence-electron chi connectivity index (χ4n) is 7.82. The third-order valence-electron chi connectivity index (χ3n) is 10.5. The monoisotopic (exact) mass is 668 g/mol. The first kappa shape index (κ1) is 32.8. The number of ether oxygens (including phenoxy) is 1. The standard InChI is InChI=1S/C36H44N8O5/c37-29(28-4-1-2-5-32(28)45)19-31-34(38)39-20-25-22-42(15-16-43(25)31)24-10-13-41(14-11-24)12-3-17-49-26-6-7-27-23(18-26)21-44(36(27)48)30-8-9-33(46)40-35(30)47/h1-2,4-7,18-19,24-25,30,37,45H,3,8-17,20-22H2,(H2,38,39)(H,40,46,47)/b31-19+,37-29?. The lowest BCUT2D eigenvalue weighted by molar-refractivity contribution is -0.136. The van der Waals surface area contributed by atoms with Gasteiger partial charge in [-0.15, -0.1) is 0 Å². The fraction of sp³-hybridized carbons (Fsp3) is 0.472. The van der Waals surface area contributed by atoms with Gasteiger partial charge in [-0.25, -0.2) is 0 Å². The predicted molar refractivity (Wildman–Crippen MR) is 184 cm³/mol. The first-order chi connectivity index (χ1) is 23.7. The lowest BCUT2D eigenvalue weighted by atomic mass is 9.99. The van der Waals surface area contributed by atoms with E-state index in [1.807, 2.05) is 18.2 Å². The number of benzene rings is 2. The van der Waals surface area contributed by atoms with Crippen molar-refractivity contribution in [3.8, 4) is 11.5 Å². The first-order valence-electron chi connectivity index (χ1n) is 17.3. The molecule has 3 amide bonds. The molecule has 7 rings (SSSR count). The third-order valence-corrected chi connectivity index (χ3v) is 10.5. The molecule has 0 aromatic heterocycles. The Bertz CT molecular complexity index is 1700. The van der Waals surface area contributed by atoms with Gasteiger partial charge < -0.3 is 35.7 Å². The second-order valence-electron chi connectivity index (χ2n) is 13.5. The highest BCUT2D eigenvalue weighted by Crippen LogP contribution is 2.31. The smallest absolute Gasteiger partial charge is 0.255 e. The summed E-state index contributed by atoms with van der Waals surface area (Å²) < 4.78 is 6.07. The molecule has 3 fully saturated rings. The van der Waals surface area contributed by atoms with Crippen LogP contribution in [0, 0.1) is 5.41 Å². The lowest BCUT2D eigenvalue weighted by Crippen LogP contribution is -2.60. The lowest BCUT2D eigenvalue weighted by Gasteiger charge is -2.48. The van der Waals surface area contributed by atoms with E-state index in [9.17, 15) is 19.5 Å². The molecule has 0 saturated carbocycles. The van der Waals surface area contributed by atoms with Crippen molar-refractivity contribution in [2.45, 2.75) is 56.8 Å². The average molecular weight is 669 g/mol. The van der Waals surface area contributed by atoms with Gasteiger partial charge in [-0.2, -0.15) is 0 Å². The predicted octanol–water partition coefficient (Wildman–Crippen LogP) is 1.70. The molecule has 3 saturated heterocycles. The Kier molecular flexibility index (Phi) is 9.37. The van der Waals surface area contributed by atoms with Gasteiger partial charge in [0.1, 0.15) is 23.4 Å². The highest BCUT2D eigenvalue weighted by atomic mass is 16.5. The number of aliphatic imine (C=N–C) groups is 1. The molecular formula is C36H44N8O5. The summed E-state index contributed by atoms with van der Waals surface area (Å²) in [5.74, 6) is 0.371. The number of nitrogens with one attached hydrogen (secondary N) is 2. The van der Waals surface area contributed by atoms with E-state index < -0.39 is 11.9 Å². The largest absolute Gasteiger partial charge is 0.507 e. The normalized spacial score (nSPS) is 24.4. The summed E-state index contributed by atoms with van der Waals surface area (Å²) in [6, 6.07) is 12.5. The van der Waals surface area contributed by atoms with E-state index in [1.54, 1.807) is 35.2 Å². The van der Waals surface area contributed by atoms with Crippen LogP contribution >= 0.6 is 0 Å². The number of nitrogens with two attached hydrogens (primary N) is 1. The van der Waals surface area contributed by atoms with Gasteiger partial charge in [0.05, 0.1) is 30.6 Å². The Balaban J connectivity index is 0.847. The van der Waals surface area contributed by atoms with Gasteiger partial charge in [-0.05, 0) is 80.7 Å². The number of carbonyl (C=O) groups excluding carboxylic acids is 3. The van der Waals surface area contributed by atoms with E-state index in [0.29, 0.717) is 49.1 Å². The molecule has 0 spiro atoms. The molecule has 49 heavy (non-hydrogen) atoms. The zero-order valence-electron chi connectivity index (χ0n) is 27.6. The first-order valence-corrected chi connectivity index (χ1v) is 17.3. The van der Waals surface area contributed by atoms with Crippen LogP contribution in [0.4, 0.5) is 0 Å². The maximum atomic E-state index is 13.0. The number of hydrogen-bond acceptors (Lipinski definition) is 11. The second-order valence-corrected chi connectivity index (χ2v) is 13.5. The minimum atomic E-state index is -0.620. The molecule has 2 unspecified atom stereocenters. The van der Waals surface area contributed by atoms with Crippen LogP contribution in [0.3, 0.4) is 0 Å². The van der Waals surface area contributed by atoms with Crippen LogP contribution in [0.5, 0.6) is 11.5 Å². The summed E-state index contributed by atoms with van der Waals surface area (Å²) >= 11 is 0. The van der Waals surface area contributed by atoms with Crippen molar-refractivity contribution in [1.82, 2.24) is 24.9 Å². The quantitative estimate of drug-likeness (QED) is 0.177. The Morgan fingerprint density at radius 3 is 2.65 bits per heavy atom. The number of piperazine rings is 1. The zero-order valence-corrected chi connectivity index (χ0v) is 27.6. The number of allylic oxidation sites excluding steroid dienone is 1. The zero-order chi connectivity index (χ0) is 34.1. The number of rotatable bonds is 9. The number of para-hydroxylation sites is 1. The van der Waals surface area contributed by atoms with E-state index in [1.165, 1.54) is 0 Å². The molecular weight excluding hydrogens is 624 g/mol. The molecule has 2 atom stereocenters. The van der Waals surface area contributed by atoms with Crippen LogP contribution in [0.1, 0.15) is 53.6 Å². The molecule has 0 aliphatic carbocycles. The second kappa shape index (κ2) is 14.0. The number of phenols is 1. The van der Waals surface area contributed by atoms with Crippen molar-refractivity contribution in [2.75, 3.05) is 52.4 Å². The molecule has 13 heteroatoms. The van der Waals surface area contributed by atoms with Crippen LogP contribution in [-0.2, 0) is 16.1 Å². The van der Waals surface area contributed by atoms with Crippen molar-refractivity contribution in [1.29, 1.82) is 5.41 Å². The maximum absolute atomic E-state index is 13.0. The van der Waals surface area contributed by atoms with Gasteiger partial charge >= 0.3 is 0 Å². The number of piperidine rings is 2. The van der Waals surface area contributed by atoms with Crippen molar-refractivity contribution in [3.63, 3.8) is 0 Å². The van der Waals surface area contributed by atoms with Crippen LogP contribution in [0.2, 0.25) is 0 Å². The summed E-state index contributed by atoms with van der Waals surface area (Å²) in [6.45, 7) is 7.27. The van der Waals surface area contributed by atoms with Gasteiger partial charge in [0.2, 0.25) is 11.8 Å². The summed E-state index contributed by atoms with van der Waals surface area (Å²) in [4.78, 5) is 50.4. The molecule has 5 heterocycles. The summed E-state index contributed by atoms with van der Waals surface area (Å²) in [5.41, 5.74) is 9.20. The van der Waals surface area contributed by atoms with E-state index in [0.717, 1.165) is 75.5 Å². The van der Waals surface area contributed by atoms with Gasteiger partial charge in [0, 0.05) is 56.3 Å². The van der Waals surface area contributed by atoms with Crippen molar-refractivity contribution >= 4 is 29.3 Å². The number of fused-ring (bicyclic) bond motifs is 2. The number of likely N-dealkylation sites (tertiary alicyclic amines) is 1. The van der Waals surface area contributed by atoms with Crippen LogP contribution in [0.25, 0.3) is 0 Å². The van der Waals surface area contributed by atoms with E-state index >= 15 is 0 Å². The van der Waals surface area contributed by atoms with Crippen molar-refractivity contribution in [2.24, 2.45) is 10.7 Å². The molecule has 13 nitrogen and oxygen atoms in total. The van der Waals surface area contributed by atoms with Gasteiger partial charge in [0.25, 0.3) is 5.91 Å². The molecule has 258 valence electrons. The number of phenolic OH excluding ortho intramolecular Hbond substituents is 1. The Morgan fingerprint density at radius 1 is 1.04 bits per heavy atom. The van der Waals surface area contributed by atoms with Gasteiger partial charge in [0.15, 0.2) is 0 Å².